The molecule has 3 rings (SSSR count). The maximum absolute atomic E-state index is 13.2. The topological polar surface area (TPSA) is 59.8 Å². The summed E-state index contributed by atoms with van der Waals surface area (Å²) >= 11 is 0. The molecule has 0 fully saturated rings. The van der Waals surface area contributed by atoms with Crippen molar-refractivity contribution < 1.29 is 18.0 Å². The van der Waals surface area contributed by atoms with Gasteiger partial charge in [0.15, 0.2) is 0 Å². The van der Waals surface area contributed by atoms with Gasteiger partial charge in [-0.2, -0.15) is 13.9 Å². The van der Waals surface area contributed by atoms with Crippen LogP contribution in [0.3, 0.4) is 0 Å². The van der Waals surface area contributed by atoms with Crippen molar-refractivity contribution in [2.45, 2.75) is 13.1 Å². The van der Waals surface area contributed by atoms with E-state index < -0.39 is 6.55 Å². The number of alkyl halides is 2. The van der Waals surface area contributed by atoms with Crippen LogP contribution in [-0.2, 0) is 11.3 Å². The van der Waals surface area contributed by atoms with Crippen LogP contribution < -0.4 is 5.32 Å². The first kappa shape index (κ1) is 18.4. The van der Waals surface area contributed by atoms with Crippen LogP contribution in [0, 0.1) is 5.82 Å². The zero-order valence-corrected chi connectivity index (χ0v) is 14.1. The predicted molar refractivity (Wildman–Crippen MR) is 94.1 cm³/mol. The van der Waals surface area contributed by atoms with E-state index in [9.17, 15) is 18.0 Å². The van der Waals surface area contributed by atoms with Crippen molar-refractivity contribution in [3.8, 4) is 22.4 Å². The number of hydrogen-bond donors (Lipinski definition) is 1. The van der Waals surface area contributed by atoms with E-state index in [-0.39, 0.29) is 18.3 Å². The van der Waals surface area contributed by atoms with Crippen LogP contribution >= 0.6 is 0 Å². The lowest BCUT2D eigenvalue weighted by atomic mass is 10.0. The lowest BCUT2D eigenvalue weighted by Gasteiger charge is -2.09. The maximum atomic E-state index is 13.2. The van der Waals surface area contributed by atoms with Gasteiger partial charge in [0.1, 0.15) is 5.82 Å². The van der Waals surface area contributed by atoms with Crippen molar-refractivity contribution in [2.24, 2.45) is 0 Å². The summed E-state index contributed by atoms with van der Waals surface area (Å²) in [4.78, 5) is 15.8. The van der Waals surface area contributed by atoms with E-state index in [1.165, 1.54) is 24.5 Å². The Bertz CT molecular complexity index is 967. The molecule has 1 N–H and O–H groups in total. The highest BCUT2D eigenvalue weighted by atomic mass is 19.3. The summed E-state index contributed by atoms with van der Waals surface area (Å²) in [6.45, 7) is 0.743. The fourth-order valence-corrected chi connectivity index (χ4v) is 2.46. The Labute approximate surface area is 153 Å². The number of carbonyl (C=O) groups excluding carboxylic acids is 1. The smallest absolute Gasteiger partial charge is 0.333 e. The summed E-state index contributed by atoms with van der Waals surface area (Å²) in [5.74, 6) is -0.735. The van der Waals surface area contributed by atoms with E-state index in [1.54, 1.807) is 24.3 Å². The zero-order chi connectivity index (χ0) is 19.4. The van der Waals surface area contributed by atoms with Gasteiger partial charge < -0.3 is 5.32 Å². The third-order valence-corrected chi connectivity index (χ3v) is 3.78. The van der Waals surface area contributed by atoms with E-state index in [0.29, 0.717) is 27.2 Å². The van der Waals surface area contributed by atoms with Crippen LogP contribution in [-0.4, -0.2) is 20.7 Å². The van der Waals surface area contributed by atoms with E-state index in [1.807, 2.05) is 0 Å². The van der Waals surface area contributed by atoms with Gasteiger partial charge in [0.05, 0.1) is 24.1 Å². The number of aromatic nitrogens is 3. The molecule has 1 aromatic carbocycles. The highest BCUT2D eigenvalue weighted by molar-refractivity contribution is 5.86. The molecule has 0 saturated carbocycles. The molecule has 0 radical (unpaired) electrons. The first-order valence-electron chi connectivity index (χ1n) is 7.96. The average molecular weight is 372 g/mol. The number of nitrogens with zero attached hydrogens (tertiary/aromatic N) is 3. The van der Waals surface area contributed by atoms with Crippen LogP contribution in [0.5, 0.6) is 0 Å². The van der Waals surface area contributed by atoms with Crippen LogP contribution in [0.1, 0.15) is 12.2 Å². The second kappa shape index (κ2) is 7.86. The number of hydrogen-bond acceptors (Lipinski definition) is 3. The SMILES string of the molecule is C=CC(=O)NCc1cc(-c2ccc(F)cc2)cc(-c2cnn(C(F)F)c2)n1. The molecule has 3 aromatic rings. The van der Waals surface area contributed by atoms with Crippen LogP contribution in [0.2, 0.25) is 0 Å². The van der Waals surface area contributed by atoms with Crippen molar-refractivity contribution in [2.75, 3.05) is 0 Å². The van der Waals surface area contributed by atoms with Crippen LogP contribution in [0.4, 0.5) is 13.2 Å². The Kier molecular flexibility index (Phi) is 5.35. The van der Waals surface area contributed by atoms with E-state index in [0.717, 1.165) is 11.6 Å². The largest absolute Gasteiger partial charge is 0.347 e. The molecule has 0 unspecified atom stereocenters. The lowest BCUT2D eigenvalue weighted by Crippen LogP contribution is -2.20. The Balaban J connectivity index is 2.02. The van der Waals surface area contributed by atoms with Crippen LogP contribution in [0.25, 0.3) is 22.4 Å². The van der Waals surface area contributed by atoms with Gasteiger partial charge in [-0.3, -0.25) is 9.78 Å². The highest BCUT2D eigenvalue weighted by Gasteiger charge is 2.12. The second-order valence-corrected chi connectivity index (χ2v) is 5.65. The number of pyridine rings is 1. The molecule has 0 aliphatic heterocycles. The Morgan fingerprint density at radius 2 is 1.93 bits per heavy atom. The number of benzene rings is 1. The van der Waals surface area contributed by atoms with E-state index >= 15 is 0 Å². The normalized spacial score (nSPS) is 10.8. The van der Waals surface area contributed by atoms with Gasteiger partial charge >= 0.3 is 6.55 Å². The minimum atomic E-state index is -2.76. The van der Waals surface area contributed by atoms with Gasteiger partial charge in [-0.25, -0.2) is 9.07 Å². The molecule has 0 saturated heterocycles. The summed E-state index contributed by atoms with van der Waals surface area (Å²) in [7, 11) is 0. The van der Waals surface area contributed by atoms with Gasteiger partial charge in [0.25, 0.3) is 0 Å². The molecule has 0 aliphatic carbocycles. The second-order valence-electron chi connectivity index (χ2n) is 5.65. The molecular weight excluding hydrogens is 357 g/mol. The van der Waals surface area contributed by atoms with Gasteiger partial charge in [0.2, 0.25) is 5.91 Å². The highest BCUT2D eigenvalue weighted by Crippen LogP contribution is 2.27. The zero-order valence-electron chi connectivity index (χ0n) is 14.1. The first-order chi connectivity index (χ1) is 13.0. The number of halogens is 3. The van der Waals surface area contributed by atoms with Crippen molar-refractivity contribution in [3.63, 3.8) is 0 Å². The monoisotopic (exact) mass is 372 g/mol. The predicted octanol–water partition coefficient (Wildman–Crippen LogP) is 3.95. The molecular formula is C19H15F3N4O. The standard InChI is InChI=1S/C19H15F3N4O/c1-2-18(27)23-10-16-7-13(12-3-5-15(20)6-4-12)8-17(25-16)14-9-24-26(11-14)19(21)22/h2-9,11,19H,1,10H2,(H,23,27). The van der Waals surface area contributed by atoms with Gasteiger partial charge in [-0.1, -0.05) is 18.7 Å². The van der Waals surface area contributed by atoms with Gasteiger partial charge in [-0.05, 0) is 41.5 Å². The average Bonchev–Trinajstić information content (AvgIpc) is 3.17. The quantitative estimate of drug-likeness (QED) is 0.667. The molecule has 5 nitrogen and oxygen atoms in total. The molecule has 2 heterocycles. The fourth-order valence-electron chi connectivity index (χ4n) is 2.46. The molecule has 0 bridgehead atoms. The van der Waals surface area contributed by atoms with E-state index in [2.05, 4.69) is 22.0 Å². The van der Waals surface area contributed by atoms with Crippen molar-refractivity contribution >= 4 is 5.91 Å². The molecule has 0 atom stereocenters. The van der Waals surface area contributed by atoms with E-state index in [4.69, 9.17) is 0 Å². The van der Waals surface area contributed by atoms with Crippen molar-refractivity contribution in [1.29, 1.82) is 0 Å². The summed E-state index contributed by atoms with van der Waals surface area (Å²) in [5.41, 5.74) is 2.74. The fraction of sp³-hybridized carbons (Fsp3) is 0.105. The van der Waals surface area contributed by atoms with Crippen molar-refractivity contribution in [1.82, 2.24) is 20.1 Å². The number of nitrogens with one attached hydrogen (secondary N) is 1. The van der Waals surface area contributed by atoms with Crippen molar-refractivity contribution in [3.05, 3.63) is 73.0 Å². The summed E-state index contributed by atoms with van der Waals surface area (Å²) in [6.07, 6.45) is 3.61. The molecule has 2 aromatic heterocycles. The Morgan fingerprint density at radius 1 is 1.19 bits per heavy atom. The molecule has 8 heteroatoms. The minimum absolute atomic E-state index is 0.121. The summed E-state index contributed by atoms with van der Waals surface area (Å²) < 4.78 is 39.3. The Hall–Kier alpha value is -3.42. The number of rotatable bonds is 6. The van der Waals surface area contributed by atoms with Gasteiger partial charge in [0, 0.05) is 11.8 Å². The molecule has 0 aliphatic rings. The first-order valence-corrected chi connectivity index (χ1v) is 7.96. The molecule has 0 spiro atoms. The maximum Gasteiger partial charge on any atom is 0.333 e. The number of amides is 1. The minimum Gasteiger partial charge on any atom is -0.347 e. The third kappa shape index (κ3) is 4.41. The summed E-state index contributed by atoms with van der Waals surface area (Å²) in [5, 5.41) is 6.24. The van der Waals surface area contributed by atoms with Gasteiger partial charge in [-0.15, -0.1) is 0 Å². The molecule has 138 valence electrons. The third-order valence-electron chi connectivity index (χ3n) is 3.78. The molecule has 27 heavy (non-hydrogen) atoms. The lowest BCUT2D eigenvalue weighted by molar-refractivity contribution is -0.116. The van der Waals surface area contributed by atoms with Crippen LogP contribution in [0.15, 0.2) is 61.4 Å². The number of carbonyl (C=O) groups is 1. The molecule has 1 amide bonds. The Morgan fingerprint density at radius 3 is 2.56 bits per heavy atom. The summed E-state index contributed by atoms with van der Waals surface area (Å²) in [6, 6.07) is 9.27.